The summed E-state index contributed by atoms with van der Waals surface area (Å²) in [6.45, 7) is 1.25. The Kier molecular flexibility index (Phi) is 7.86. The van der Waals surface area contributed by atoms with E-state index in [1.807, 2.05) is 6.07 Å². The van der Waals surface area contributed by atoms with Crippen LogP contribution in [-0.4, -0.2) is 72.6 Å². The van der Waals surface area contributed by atoms with Crippen LogP contribution >= 0.6 is 0 Å². The van der Waals surface area contributed by atoms with Crippen molar-refractivity contribution in [1.29, 1.82) is 5.26 Å². The Bertz CT molecular complexity index is 1320. The number of aryl methyl sites for hydroxylation is 1. The number of pyridine rings is 2. The average Bonchev–Trinajstić information content (AvgIpc) is 3.29. The maximum atomic E-state index is 13.4. The number of nitrogens with one attached hydrogen (secondary N) is 1. The fourth-order valence-corrected chi connectivity index (χ4v) is 5.65. The Labute approximate surface area is 227 Å². The molecular weight excluding hydrogens is 500 g/mol. The van der Waals surface area contributed by atoms with Gasteiger partial charge in [0.25, 0.3) is 5.91 Å². The average molecular weight is 533 g/mol. The van der Waals surface area contributed by atoms with Gasteiger partial charge < -0.3 is 14.4 Å². The van der Waals surface area contributed by atoms with Gasteiger partial charge in [-0.05, 0) is 61.3 Å². The molecular formula is C28H32N6O5. The van der Waals surface area contributed by atoms with Crippen LogP contribution < -0.4 is 10.2 Å². The molecule has 0 spiro atoms. The van der Waals surface area contributed by atoms with Crippen LogP contribution in [0.1, 0.15) is 58.4 Å². The van der Waals surface area contributed by atoms with Crippen molar-refractivity contribution in [3.05, 3.63) is 46.3 Å². The van der Waals surface area contributed by atoms with Gasteiger partial charge in [-0.1, -0.05) is 0 Å². The number of amides is 3. The third-order valence-corrected chi connectivity index (χ3v) is 8.00. The minimum absolute atomic E-state index is 0.0996. The maximum Gasteiger partial charge on any atom is 0.328 e. The predicted molar refractivity (Wildman–Crippen MR) is 141 cm³/mol. The van der Waals surface area contributed by atoms with Crippen molar-refractivity contribution in [2.75, 3.05) is 37.5 Å². The van der Waals surface area contributed by atoms with Gasteiger partial charge in [0, 0.05) is 52.0 Å². The highest BCUT2D eigenvalue weighted by molar-refractivity contribution is 6.01. The highest BCUT2D eigenvalue weighted by Crippen LogP contribution is 2.34. The fraction of sp³-hybridized carbons (Fsp3) is 0.500. The number of nitriles is 1. The van der Waals surface area contributed by atoms with E-state index < -0.39 is 12.1 Å². The van der Waals surface area contributed by atoms with Crippen LogP contribution in [0.4, 0.5) is 16.4 Å². The first kappa shape index (κ1) is 26.7. The van der Waals surface area contributed by atoms with E-state index in [9.17, 15) is 19.6 Å². The van der Waals surface area contributed by atoms with Crippen LogP contribution in [0.15, 0.2) is 18.3 Å². The Balaban J connectivity index is 1.34. The summed E-state index contributed by atoms with van der Waals surface area (Å²) in [5, 5.41) is 12.4. The lowest BCUT2D eigenvalue weighted by Crippen LogP contribution is -2.40. The summed E-state index contributed by atoms with van der Waals surface area (Å²) < 4.78 is 10.7. The van der Waals surface area contributed by atoms with Crippen LogP contribution in [0.25, 0.3) is 0 Å². The van der Waals surface area contributed by atoms with Gasteiger partial charge in [-0.3, -0.25) is 19.8 Å². The molecule has 3 atom stereocenters. The van der Waals surface area contributed by atoms with Gasteiger partial charge in [0.15, 0.2) is 6.29 Å². The van der Waals surface area contributed by atoms with E-state index in [2.05, 4.69) is 21.4 Å². The fourth-order valence-electron chi connectivity index (χ4n) is 5.65. The number of aromatic nitrogens is 2. The number of urea groups is 1. The van der Waals surface area contributed by atoms with Crippen molar-refractivity contribution < 1.29 is 23.9 Å². The second-order valence-corrected chi connectivity index (χ2v) is 10.2. The van der Waals surface area contributed by atoms with Crippen LogP contribution in [0.2, 0.25) is 0 Å². The molecule has 0 aromatic carbocycles. The van der Waals surface area contributed by atoms with Crippen molar-refractivity contribution in [1.82, 2.24) is 14.9 Å². The smallest absolute Gasteiger partial charge is 0.328 e. The van der Waals surface area contributed by atoms with Gasteiger partial charge >= 0.3 is 6.03 Å². The number of ether oxygens (including phenoxy) is 2. The molecule has 2 aromatic heterocycles. The number of fused-ring (bicyclic) bond motifs is 1. The Morgan fingerprint density at radius 2 is 2.05 bits per heavy atom. The molecule has 1 saturated heterocycles. The summed E-state index contributed by atoms with van der Waals surface area (Å²) in [6.07, 6.45) is 6.62. The quantitative estimate of drug-likeness (QED) is 0.512. The van der Waals surface area contributed by atoms with Gasteiger partial charge in [0.05, 0.1) is 11.7 Å². The van der Waals surface area contributed by atoms with E-state index in [0.29, 0.717) is 67.3 Å². The molecule has 39 heavy (non-hydrogen) atoms. The molecule has 0 radical (unpaired) electrons. The van der Waals surface area contributed by atoms with Gasteiger partial charge in [0.2, 0.25) is 0 Å². The van der Waals surface area contributed by atoms with Gasteiger partial charge in [0.1, 0.15) is 29.5 Å². The Morgan fingerprint density at radius 3 is 2.72 bits per heavy atom. The first-order valence-electron chi connectivity index (χ1n) is 13.3. The molecule has 0 bridgehead atoms. The molecule has 2 aromatic rings. The lowest BCUT2D eigenvalue weighted by Gasteiger charge is -2.35. The molecule has 1 saturated carbocycles. The molecule has 3 aliphatic rings. The number of anilines is 2. The zero-order valence-electron chi connectivity index (χ0n) is 22.2. The first-order valence-corrected chi connectivity index (χ1v) is 13.3. The van der Waals surface area contributed by atoms with Crippen molar-refractivity contribution >= 4 is 29.9 Å². The van der Waals surface area contributed by atoms with Crippen molar-refractivity contribution in [3.63, 3.8) is 0 Å². The number of aldehydes is 1. The van der Waals surface area contributed by atoms with E-state index in [-0.39, 0.29) is 24.2 Å². The number of carbonyl (C=O) groups excluding carboxylic acids is 3. The maximum absolute atomic E-state index is 13.4. The monoisotopic (exact) mass is 532 g/mol. The van der Waals surface area contributed by atoms with Crippen LogP contribution in [0.5, 0.6) is 0 Å². The van der Waals surface area contributed by atoms with Gasteiger partial charge in [-0.15, -0.1) is 0 Å². The topological polar surface area (TPSA) is 138 Å². The van der Waals surface area contributed by atoms with E-state index in [0.717, 1.165) is 30.4 Å². The van der Waals surface area contributed by atoms with E-state index in [4.69, 9.17) is 9.47 Å². The minimum atomic E-state index is -0.457. The van der Waals surface area contributed by atoms with Crippen LogP contribution in [0, 0.1) is 17.2 Å². The second-order valence-electron chi connectivity index (χ2n) is 10.2. The van der Waals surface area contributed by atoms with Crippen molar-refractivity contribution in [3.8, 4) is 6.07 Å². The van der Waals surface area contributed by atoms with Gasteiger partial charge in [-0.2, -0.15) is 5.26 Å². The summed E-state index contributed by atoms with van der Waals surface area (Å²) in [7, 11) is 3.22. The predicted octanol–water partition coefficient (Wildman–Crippen LogP) is 2.86. The number of carbonyl (C=O) groups is 3. The molecule has 5 rings (SSSR count). The highest BCUT2D eigenvalue weighted by atomic mass is 16.5. The SMILES string of the molecule is COC1CCN(Cc2cc3c(nc2C=O)N(C(=O)Nc2cc(C[C@@H]4CC[C@@H]4OC)c(C#N)cn2)CCC3)C1=O. The molecule has 2 fully saturated rings. The normalized spacial score (nSPS) is 22.2. The third kappa shape index (κ3) is 5.35. The molecule has 1 aliphatic carbocycles. The highest BCUT2D eigenvalue weighted by Gasteiger charge is 2.34. The Hall–Kier alpha value is -3.88. The van der Waals surface area contributed by atoms with Crippen molar-refractivity contribution in [2.45, 2.75) is 57.3 Å². The number of methoxy groups -OCH3 is 2. The summed E-state index contributed by atoms with van der Waals surface area (Å²) >= 11 is 0. The zero-order chi connectivity index (χ0) is 27.5. The van der Waals surface area contributed by atoms with Gasteiger partial charge in [-0.25, -0.2) is 14.8 Å². The number of hydrogen-bond acceptors (Lipinski definition) is 8. The lowest BCUT2D eigenvalue weighted by molar-refractivity contribution is -0.136. The molecule has 11 nitrogen and oxygen atoms in total. The molecule has 1 unspecified atom stereocenters. The molecule has 1 N–H and O–H groups in total. The molecule has 2 aliphatic heterocycles. The zero-order valence-corrected chi connectivity index (χ0v) is 22.2. The summed E-state index contributed by atoms with van der Waals surface area (Å²) in [5.74, 6) is 1.01. The number of hydrogen-bond donors (Lipinski definition) is 1. The molecule has 11 heteroatoms. The lowest BCUT2D eigenvalue weighted by atomic mass is 9.77. The largest absolute Gasteiger partial charge is 0.381 e. The number of likely N-dealkylation sites (tertiary alicyclic amines) is 1. The second kappa shape index (κ2) is 11.5. The summed E-state index contributed by atoms with van der Waals surface area (Å²) in [6, 6.07) is 5.41. The molecule has 3 amide bonds. The van der Waals surface area contributed by atoms with E-state index in [1.54, 1.807) is 18.1 Å². The standard InChI is InChI=1S/C28H32N6O5/c1-38-23-6-5-17(23)10-19-12-25(30-14-21(19)13-29)32-28(37)34-8-3-4-18-11-20(22(16-35)31-26(18)34)15-33-9-7-24(39-2)27(33)36/h11-12,14,16-17,23-24H,3-10,15H2,1-2H3,(H,30,32,37)/t17-,23-,24?/m0/s1. The van der Waals surface area contributed by atoms with Crippen LogP contribution in [-0.2, 0) is 33.7 Å². The summed E-state index contributed by atoms with van der Waals surface area (Å²) in [5.41, 5.74) is 3.01. The molecule has 204 valence electrons. The first-order chi connectivity index (χ1) is 18.9. The van der Waals surface area contributed by atoms with E-state index >= 15 is 0 Å². The van der Waals surface area contributed by atoms with Crippen LogP contribution in [0.3, 0.4) is 0 Å². The summed E-state index contributed by atoms with van der Waals surface area (Å²) in [4.78, 5) is 49.9. The van der Waals surface area contributed by atoms with E-state index in [1.165, 1.54) is 18.2 Å². The Morgan fingerprint density at radius 1 is 1.21 bits per heavy atom. The molecule has 4 heterocycles. The number of rotatable bonds is 8. The minimum Gasteiger partial charge on any atom is -0.381 e. The third-order valence-electron chi connectivity index (χ3n) is 8.00. The number of nitrogens with zero attached hydrogens (tertiary/aromatic N) is 5. The van der Waals surface area contributed by atoms with Crippen molar-refractivity contribution in [2.24, 2.45) is 5.92 Å².